The highest BCUT2D eigenvalue weighted by Gasteiger charge is 2.12. The number of aliphatic carboxylic acids is 1. The molecule has 2 N–H and O–H groups in total. The van der Waals surface area contributed by atoms with Gasteiger partial charge in [-0.3, -0.25) is 9.59 Å². The summed E-state index contributed by atoms with van der Waals surface area (Å²) in [6, 6.07) is 10.9. The average molecular weight is 259 g/mol. The molecule has 0 fully saturated rings. The predicted octanol–water partition coefficient (Wildman–Crippen LogP) is 2.07. The zero-order valence-electron chi connectivity index (χ0n) is 10.3. The molecule has 0 unspecified atom stereocenters. The van der Waals surface area contributed by atoms with E-state index >= 15 is 0 Å². The standard InChI is InChI=1S/C14H13NO4/c1-9-2-4-10(5-3-9)11-6-7-12(19-11)14(18)15-8-13(16)17/h2-7H,8H2,1H3,(H,15,18)(H,16,17). The van der Waals surface area contributed by atoms with Crippen molar-refractivity contribution < 1.29 is 19.1 Å². The second-order valence-electron chi connectivity index (χ2n) is 4.11. The van der Waals surface area contributed by atoms with Crippen molar-refractivity contribution in [1.82, 2.24) is 5.32 Å². The summed E-state index contributed by atoms with van der Waals surface area (Å²) in [6.07, 6.45) is 0. The second kappa shape index (κ2) is 5.39. The molecule has 0 aliphatic heterocycles. The lowest BCUT2D eigenvalue weighted by Gasteiger charge is -1.99. The Morgan fingerprint density at radius 3 is 2.47 bits per heavy atom. The first-order valence-electron chi connectivity index (χ1n) is 5.73. The first kappa shape index (κ1) is 12.9. The van der Waals surface area contributed by atoms with Gasteiger partial charge in [0.2, 0.25) is 0 Å². The van der Waals surface area contributed by atoms with Crippen molar-refractivity contribution >= 4 is 11.9 Å². The van der Waals surface area contributed by atoms with Crippen LogP contribution in [0.25, 0.3) is 11.3 Å². The lowest BCUT2D eigenvalue weighted by Crippen LogP contribution is -2.28. The fourth-order valence-corrected chi connectivity index (χ4v) is 1.58. The first-order chi connectivity index (χ1) is 9.06. The summed E-state index contributed by atoms with van der Waals surface area (Å²) in [7, 11) is 0. The fourth-order valence-electron chi connectivity index (χ4n) is 1.58. The molecule has 2 aromatic rings. The molecule has 0 saturated carbocycles. The third-order valence-corrected chi connectivity index (χ3v) is 2.57. The van der Waals surface area contributed by atoms with Crippen LogP contribution < -0.4 is 5.32 Å². The number of amides is 1. The van der Waals surface area contributed by atoms with Crippen LogP contribution >= 0.6 is 0 Å². The topological polar surface area (TPSA) is 79.5 Å². The molecule has 5 heteroatoms. The van der Waals surface area contributed by atoms with Gasteiger partial charge in [-0.05, 0) is 19.1 Å². The minimum atomic E-state index is -1.10. The maximum atomic E-state index is 11.6. The van der Waals surface area contributed by atoms with Crippen LogP contribution in [0.3, 0.4) is 0 Å². The van der Waals surface area contributed by atoms with Gasteiger partial charge in [-0.1, -0.05) is 29.8 Å². The number of carbonyl (C=O) groups is 2. The lowest BCUT2D eigenvalue weighted by molar-refractivity contribution is -0.135. The first-order valence-corrected chi connectivity index (χ1v) is 5.73. The number of furan rings is 1. The van der Waals surface area contributed by atoms with Crippen molar-refractivity contribution in [1.29, 1.82) is 0 Å². The van der Waals surface area contributed by atoms with E-state index in [1.165, 1.54) is 6.07 Å². The van der Waals surface area contributed by atoms with Gasteiger partial charge in [0.15, 0.2) is 5.76 Å². The molecule has 1 heterocycles. The van der Waals surface area contributed by atoms with E-state index in [4.69, 9.17) is 9.52 Å². The maximum absolute atomic E-state index is 11.6. The normalized spacial score (nSPS) is 10.2. The number of hydrogen-bond donors (Lipinski definition) is 2. The summed E-state index contributed by atoms with van der Waals surface area (Å²) < 4.78 is 5.40. The van der Waals surface area contributed by atoms with Crippen molar-refractivity contribution in [2.75, 3.05) is 6.54 Å². The minimum absolute atomic E-state index is 0.0943. The molecule has 2 rings (SSSR count). The number of aryl methyl sites for hydroxylation is 1. The van der Waals surface area contributed by atoms with E-state index in [2.05, 4.69) is 5.32 Å². The van der Waals surface area contributed by atoms with Gasteiger partial charge in [-0.2, -0.15) is 0 Å². The van der Waals surface area contributed by atoms with E-state index in [0.717, 1.165) is 11.1 Å². The summed E-state index contributed by atoms with van der Waals surface area (Å²) in [5.41, 5.74) is 2.00. The van der Waals surface area contributed by atoms with Crippen LogP contribution in [0, 0.1) is 6.92 Å². The molecule has 1 aromatic heterocycles. The van der Waals surface area contributed by atoms with Crippen LogP contribution in [-0.4, -0.2) is 23.5 Å². The van der Waals surface area contributed by atoms with Crippen LogP contribution in [0.15, 0.2) is 40.8 Å². The van der Waals surface area contributed by atoms with Crippen molar-refractivity contribution in [2.45, 2.75) is 6.92 Å². The Balaban J connectivity index is 2.12. The number of nitrogens with one attached hydrogen (secondary N) is 1. The molecule has 0 bridgehead atoms. The molecule has 0 saturated heterocycles. The van der Waals surface area contributed by atoms with Crippen molar-refractivity contribution in [3.8, 4) is 11.3 Å². The number of hydrogen-bond acceptors (Lipinski definition) is 3. The van der Waals surface area contributed by atoms with Gasteiger partial charge < -0.3 is 14.8 Å². The molecule has 0 aliphatic rings. The summed E-state index contributed by atoms with van der Waals surface area (Å²) in [6.45, 7) is 1.55. The highest BCUT2D eigenvalue weighted by molar-refractivity contribution is 5.93. The van der Waals surface area contributed by atoms with Crippen molar-refractivity contribution in [3.63, 3.8) is 0 Å². The molecule has 98 valence electrons. The Bertz CT molecular complexity index is 598. The fraction of sp³-hybridized carbons (Fsp3) is 0.143. The molecule has 0 spiro atoms. The van der Waals surface area contributed by atoms with Gasteiger partial charge in [0.1, 0.15) is 12.3 Å². The van der Waals surface area contributed by atoms with Crippen LogP contribution in [-0.2, 0) is 4.79 Å². The van der Waals surface area contributed by atoms with Crippen LogP contribution in [0.5, 0.6) is 0 Å². The van der Waals surface area contributed by atoms with Gasteiger partial charge in [-0.15, -0.1) is 0 Å². The highest BCUT2D eigenvalue weighted by Crippen LogP contribution is 2.22. The smallest absolute Gasteiger partial charge is 0.322 e. The Hall–Kier alpha value is -2.56. The maximum Gasteiger partial charge on any atom is 0.322 e. The average Bonchev–Trinajstić information content (AvgIpc) is 2.86. The molecule has 5 nitrogen and oxygen atoms in total. The Morgan fingerprint density at radius 2 is 1.84 bits per heavy atom. The third-order valence-electron chi connectivity index (χ3n) is 2.57. The second-order valence-corrected chi connectivity index (χ2v) is 4.11. The monoisotopic (exact) mass is 259 g/mol. The van der Waals surface area contributed by atoms with E-state index in [-0.39, 0.29) is 5.76 Å². The molecule has 1 aromatic carbocycles. The SMILES string of the molecule is Cc1ccc(-c2ccc(C(=O)NCC(=O)O)o2)cc1. The van der Waals surface area contributed by atoms with Gasteiger partial charge >= 0.3 is 5.97 Å². The number of carboxylic acid groups (broad SMARTS) is 1. The van der Waals surface area contributed by atoms with E-state index in [1.54, 1.807) is 6.07 Å². The van der Waals surface area contributed by atoms with Crippen molar-refractivity contribution in [3.05, 3.63) is 47.7 Å². The number of carboxylic acids is 1. The largest absolute Gasteiger partial charge is 0.480 e. The number of rotatable bonds is 4. The quantitative estimate of drug-likeness (QED) is 0.880. The Morgan fingerprint density at radius 1 is 1.16 bits per heavy atom. The summed E-state index contributed by atoms with van der Waals surface area (Å²) >= 11 is 0. The Kier molecular flexibility index (Phi) is 3.66. The zero-order chi connectivity index (χ0) is 13.8. The van der Waals surface area contributed by atoms with Crippen LogP contribution in [0.1, 0.15) is 16.1 Å². The molecular weight excluding hydrogens is 246 g/mol. The molecule has 0 atom stereocenters. The van der Waals surface area contributed by atoms with Gasteiger partial charge in [0.05, 0.1) is 0 Å². The molecule has 0 aliphatic carbocycles. The summed E-state index contributed by atoms with van der Waals surface area (Å²) in [4.78, 5) is 21.9. The lowest BCUT2D eigenvalue weighted by atomic mass is 10.1. The zero-order valence-corrected chi connectivity index (χ0v) is 10.3. The van der Waals surface area contributed by atoms with Gasteiger partial charge in [0.25, 0.3) is 5.91 Å². The molecular formula is C14H13NO4. The van der Waals surface area contributed by atoms with E-state index in [0.29, 0.717) is 5.76 Å². The van der Waals surface area contributed by atoms with E-state index in [9.17, 15) is 9.59 Å². The van der Waals surface area contributed by atoms with Crippen LogP contribution in [0.2, 0.25) is 0 Å². The van der Waals surface area contributed by atoms with E-state index in [1.807, 2.05) is 31.2 Å². The van der Waals surface area contributed by atoms with Gasteiger partial charge in [0, 0.05) is 5.56 Å². The van der Waals surface area contributed by atoms with Crippen LogP contribution in [0.4, 0.5) is 0 Å². The minimum Gasteiger partial charge on any atom is -0.480 e. The third kappa shape index (κ3) is 3.22. The summed E-state index contributed by atoms with van der Waals surface area (Å²) in [5, 5.41) is 10.7. The Labute approximate surface area is 109 Å². The predicted molar refractivity (Wildman–Crippen MR) is 68.9 cm³/mol. The number of carbonyl (C=O) groups excluding carboxylic acids is 1. The highest BCUT2D eigenvalue weighted by atomic mass is 16.4. The van der Waals surface area contributed by atoms with Crippen molar-refractivity contribution in [2.24, 2.45) is 0 Å². The van der Waals surface area contributed by atoms with Gasteiger partial charge in [-0.25, -0.2) is 0 Å². The number of benzene rings is 1. The molecule has 19 heavy (non-hydrogen) atoms. The molecule has 1 amide bonds. The molecule has 0 radical (unpaired) electrons. The summed E-state index contributed by atoms with van der Waals surface area (Å²) in [5.74, 6) is -0.975. The van der Waals surface area contributed by atoms with E-state index < -0.39 is 18.4 Å².